The van der Waals surface area contributed by atoms with Crippen molar-refractivity contribution in [3.05, 3.63) is 30.3 Å². The van der Waals surface area contributed by atoms with Crippen molar-refractivity contribution < 1.29 is 0 Å². The monoisotopic (exact) mass is 355 g/mol. The van der Waals surface area contributed by atoms with E-state index in [1.165, 1.54) is 0 Å². The number of amidine groups is 2. The van der Waals surface area contributed by atoms with Gasteiger partial charge in [0.25, 0.3) is 0 Å². The Bertz CT molecular complexity index is 504. The Hall–Kier alpha value is -0.460. The van der Waals surface area contributed by atoms with Gasteiger partial charge < -0.3 is 0 Å². The molecule has 2 aliphatic rings. The van der Waals surface area contributed by atoms with E-state index in [4.69, 9.17) is 4.99 Å². The number of hydrogen-bond acceptors (Lipinski definition) is 4. The largest absolute Gasteiger partial charge is 0.299 e. The lowest BCUT2D eigenvalue weighted by molar-refractivity contribution is 0.688. The number of hydrogen-bond donors (Lipinski definition) is 0. The van der Waals surface area contributed by atoms with Gasteiger partial charge in [-0.2, -0.15) is 0 Å². The summed E-state index contributed by atoms with van der Waals surface area (Å²) in [6.45, 7) is 1.92. The van der Waals surface area contributed by atoms with Crippen molar-refractivity contribution in [2.75, 3.05) is 24.2 Å². The standard InChI is InChI=1S/C13H14BrN3S2/c14-8-11-9-15-12(19-11)17-6-7-18-13(17)16-10-4-2-1-3-5-10/h1-5,11H,6-9H2. The predicted molar refractivity (Wildman–Crippen MR) is 90.2 cm³/mol. The van der Waals surface area contributed by atoms with Gasteiger partial charge in [0.2, 0.25) is 0 Å². The maximum atomic E-state index is 4.73. The van der Waals surface area contributed by atoms with Crippen LogP contribution in [0.15, 0.2) is 40.3 Å². The number of para-hydroxylation sites is 1. The van der Waals surface area contributed by atoms with E-state index >= 15 is 0 Å². The van der Waals surface area contributed by atoms with Crippen molar-refractivity contribution in [3.8, 4) is 0 Å². The van der Waals surface area contributed by atoms with E-state index in [-0.39, 0.29) is 0 Å². The fourth-order valence-corrected chi connectivity index (χ4v) is 4.50. The molecule has 1 atom stereocenters. The summed E-state index contributed by atoms with van der Waals surface area (Å²) < 4.78 is 0. The minimum Gasteiger partial charge on any atom is -0.299 e. The third-order valence-corrected chi connectivity index (χ3v) is 6.24. The molecule has 6 heteroatoms. The second-order valence-electron chi connectivity index (χ2n) is 4.25. The molecule has 0 N–H and O–H groups in total. The van der Waals surface area contributed by atoms with Gasteiger partial charge in [-0.05, 0) is 12.1 Å². The fraction of sp³-hybridized carbons (Fsp3) is 0.385. The first-order valence-corrected chi connectivity index (χ1v) is 9.16. The molecule has 3 rings (SSSR count). The van der Waals surface area contributed by atoms with Crippen LogP contribution >= 0.6 is 39.5 Å². The number of thioether (sulfide) groups is 2. The number of rotatable bonds is 2. The Morgan fingerprint density at radius 1 is 1.37 bits per heavy atom. The van der Waals surface area contributed by atoms with Crippen LogP contribution in [0.1, 0.15) is 0 Å². The van der Waals surface area contributed by atoms with Crippen molar-refractivity contribution in [1.29, 1.82) is 0 Å². The summed E-state index contributed by atoms with van der Waals surface area (Å²) in [4.78, 5) is 11.6. The van der Waals surface area contributed by atoms with Gasteiger partial charge >= 0.3 is 0 Å². The smallest absolute Gasteiger partial charge is 0.170 e. The van der Waals surface area contributed by atoms with Crippen molar-refractivity contribution in [1.82, 2.24) is 4.90 Å². The van der Waals surface area contributed by atoms with E-state index in [0.717, 1.165) is 40.2 Å². The van der Waals surface area contributed by atoms with Crippen LogP contribution in [0.3, 0.4) is 0 Å². The first kappa shape index (κ1) is 13.5. The molecule has 2 heterocycles. The van der Waals surface area contributed by atoms with Gasteiger partial charge in [-0.25, -0.2) is 4.99 Å². The molecule has 1 fully saturated rings. The normalized spacial score (nSPS) is 25.1. The lowest BCUT2D eigenvalue weighted by Gasteiger charge is -2.17. The van der Waals surface area contributed by atoms with Gasteiger partial charge in [0.1, 0.15) is 0 Å². The lowest BCUT2D eigenvalue weighted by atomic mass is 10.3. The van der Waals surface area contributed by atoms with E-state index in [2.05, 4.69) is 25.8 Å². The van der Waals surface area contributed by atoms with Gasteiger partial charge in [-0.3, -0.25) is 9.89 Å². The summed E-state index contributed by atoms with van der Waals surface area (Å²) in [6.07, 6.45) is 0. The third-order valence-electron chi connectivity index (χ3n) is 2.86. The van der Waals surface area contributed by atoms with Crippen molar-refractivity contribution in [2.45, 2.75) is 5.25 Å². The average Bonchev–Trinajstić information content (AvgIpc) is 3.08. The van der Waals surface area contributed by atoms with Crippen LogP contribution in [0.2, 0.25) is 0 Å². The molecule has 1 unspecified atom stereocenters. The summed E-state index contributed by atoms with van der Waals surface area (Å²) >= 11 is 7.20. The highest BCUT2D eigenvalue weighted by Gasteiger charge is 2.29. The van der Waals surface area contributed by atoms with Crippen LogP contribution in [0, 0.1) is 0 Å². The molecular formula is C13H14BrN3S2. The topological polar surface area (TPSA) is 28.0 Å². The second-order valence-corrected chi connectivity index (χ2v) is 7.22. The van der Waals surface area contributed by atoms with Gasteiger partial charge in [-0.1, -0.05) is 57.7 Å². The number of nitrogens with zero attached hydrogens (tertiary/aromatic N) is 3. The SMILES string of the molecule is BrCC1CN=C(N2CCSC2=Nc2ccccc2)S1. The molecule has 1 aromatic rings. The molecule has 0 amide bonds. The average molecular weight is 356 g/mol. The molecule has 0 aromatic heterocycles. The Morgan fingerprint density at radius 2 is 2.21 bits per heavy atom. The molecule has 19 heavy (non-hydrogen) atoms. The van der Waals surface area contributed by atoms with E-state index in [0.29, 0.717) is 5.25 Å². The molecule has 1 aromatic carbocycles. The highest BCUT2D eigenvalue weighted by molar-refractivity contribution is 9.09. The highest BCUT2D eigenvalue weighted by Crippen LogP contribution is 2.30. The molecule has 100 valence electrons. The van der Waals surface area contributed by atoms with E-state index < -0.39 is 0 Å². The van der Waals surface area contributed by atoms with E-state index in [1.54, 1.807) is 0 Å². The quantitative estimate of drug-likeness (QED) is 0.758. The van der Waals surface area contributed by atoms with Crippen molar-refractivity contribution in [3.63, 3.8) is 0 Å². The lowest BCUT2D eigenvalue weighted by Crippen LogP contribution is -2.28. The Morgan fingerprint density at radius 3 is 2.95 bits per heavy atom. The fourth-order valence-electron chi connectivity index (χ4n) is 1.92. The molecule has 0 saturated carbocycles. The summed E-state index contributed by atoms with van der Waals surface area (Å²) in [5, 5.41) is 3.77. The molecule has 1 saturated heterocycles. The molecule has 0 aliphatic carbocycles. The van der Waals surface area contributed by atoms with Crippen LogP contribution in [-0.4, -0.2) is 44.7 Å². The number of halogens is 1. The van der Waals surface area contributed by atoms with E-state index in [1.807, 2.05) is 53.9 Å². The molecule has 0 spiro atoms. The first-order valence-electron chi connectivity index (χ1n) is 6.18. The van der Waals surface area contributed by atoms with Crippen LogP contribution in [0.4, 0.5) is 5.69 Å². The second kappa shape index (κ2) is 6.33. The Balaban J connectivity index is 1.77. The molecule has 2 aliphatic heterocycles. The van der Waals surface area contributed by atoms with Gasteiger partial charge in [-0.15, -0.1) is 0 Å². The van der Waals surface area contributed by atoms with Crippen LogP contribution < -0.4 is 0 Å². The number of benzene rings is 1. The van der Waals surface area contributed by atoms with Gasteiger partial charge in [0, 0.05) is 22.9 Å². The zero-order chi connectivity index (χ0) is 13.1. The van der Waals surface area contributed by atoms with Crippen LogP contribution in [0.25, 0.3) is 0 Å². The maximum absolute atomic E-state index is 4.73. The highest BCUT2D eigenvalue weighted by atomic mass is 79.9. The van der Waals surface area contributed by atoms with Crippen LogP contribution in [0.5, 0.6) is 0 Å². The first-order chi connectivity index (χ1) is 9.36. The maximum Gasteiger partial charge on any atom is 0.170 e. The molecule has 0 bridgehead atoms. The summed E-state index contributed by atoms with van der Waals surface area (Å²) in [5.74, 6) is 1.09. The molecule has 3 nitrogen and oxygen atoms in total. The Kier molecular flexibility index (Phi) is 4.50. The van der Waals surface area contributed by atoms with E-state index in [9.17, 15) is 0 Å². The van der Waals surface area contributed by atoms with Crippen molar-refractivity contribution in [2.24, 2.45) is 9.98 Å². The van der Waals surface area contributed by atoms with Crippen LogP contribution in [-0.2, 0) is 0 Å². The Labute approximate surface area is 130 Å². The third kappa shape index (κ3) is 3.17. The van der Waals surface area contributed by atoms with Gasteiger partial charge in [0.05, 0.1) is 12.2 Å². The summed E-state index contributed by atoms with van der Waals surface area (Å²) in [5.41, 5.74) is 1.01. The zero-order valence-electron chi connectivity index (χ0n) is 10.3. The predicted octanol–water partition coefficient (Wildman–Crippen LogP) is 3.59. The molecular weight excluding hydrogens is 342 g/mol. The molecule has 0 radical (unpaired) electrons. The van der Waals surface area contributed by atoms with Crippen molar-refractivity contribution >= 4 is 55.5 Å². The summed E-state index contributed by atoms with van der Waals surface area (Å²) in [6, 6.07) is 10.1. The number of aliphatic imine (C=N–C) groups is 2. The minimum atomic E-state index is 0.568. The van der Waals surface area contributed by atoms with Gasteiger partial charge in [0.15, 0.2) is 10.3 Å². The minimum absolute atomic E-state index is 0.568. The summed E-state index contributed by atoms with van der Waals surface area (Å²) in [7, 11) is 0. The zero-order valence-corrected chi connectivity index (χ0v) is 13.5. The number of alkyl halides is 1.